The molecular weight excluding hydrogens is 330 g/mol. The van der Waals surface area contributed by atoms with E-state index in [-0.39, 0.29) is 5.91 Å². The van der Waals surface area contributed by atoms with Crippen LogP contribution in [0.4, 0.5) is 0 Å². The molecule has 1 fully saturated rings. The third-order valence-corrected chi connectivity index (χ3v) is 4.93. The number of carbonyl (C=O) groups excluding carboxylic acids is 1. The second-order valence-electron chi connectivity index (χ2n) is 7.00. The van der Waals surface area contributed by atoms with Crippen molar-refractivity contribution in [3.8, 4) is 0 Å². The van der Waals surface area contributed by atoms with E-state index >= 15 is 0 Å². The summed E-state index contributed by atoms with van der Waals surface area (Å²) in [6.45, 7) is 6.29. The van der Waals surface area contributed by atoms with Gasteiger partial charge < -0.3 is 10.0 Å². The Labute approximate surface area is 153 Å². The summed E-state index contributed by atoms with van der Waals surface area (Å²) < 4.78 is 1.85. The van der Waals surface area contributed by atoms with Gasteiger partial charge in [-0.15, -0.1) is 0 Å². The van der Waals surface area contributed by atoms with Crippen LogP contribution in [0.25, 0.3) is 0 Å². The van der Waals surface area contributed by atoms with Gasteiger partial charge in [0.2, 0.25) is 0 Å². The van der Waals surface area contributed by atoms with Crippen LogP contribution in [0.3, 0.4) is 0 Å². The van der Waals surface area contributed by atoms with Crippen molar-refractivity contribution < 1.29 is 14.7 Å². The summed E-state index contributed by atoms with van der Waals surface area (Å²) in [5, 5.41) is 13.4. The quantitative estimate of drug-likeness (QED) is 0.864. The highest BCUT2D eigenvalue weighted by atomic mass is 16.4. The highest BCUT2D eigenvalue weighted by molar-refractivity contribution is 5.95. The third-order valence-electron chi connectivity index (χ3n) is 4.93. The van der Waals surface area contributed by atoms with E-state index in [1.807, 2.05) is 34.8 Å². The topological polar surface area (TPSA) is 75.4 Å². The summed E-state index contributed by atoms with van der Waals surface area (Å²) in [6, 6.07) is 7.02. The molecule has 1 saturated heterocycles. The molecule has 1 amide bonds. The minimum atomic E-state index is -0.909. The highest BCUT2D eigenvalue weighted by Gasteiger charge is 2.28. The molecule has 0 aliphatic carbocycles. The Balaban J connectivity index is 1.61. The minimum absolute atomic E-state index is 0.0635. The molecule has 1 aliphatic heterocycles. The maximum absolute atomic E-state index is 12.8. The number of nitrogens with zero attached hydrogens (tertiary/aromatic N) is 3. The van der Waals surface area contributed by atoms with Gasteiger partial charge in [-0.05, 0) is 49.8 Å². The molecule has 6 nitrogen and oxygen atoms in total. The van der Waals surface area contributed by atoms with Crippen LogP contribution in [-0.4, -0.2) is 44.8 Å². The molecule has 0 unspecified atom stereocenters. The van der Waals surface area contributed by atoms with Gasteiger partial charge in [-0.1, -0.05) is 19.1 Å². The molecule has 2 heterocycles. The summed E-state index contributed by atoms with van der Waals surface area (Å²) >= 11 is 0. The van der Waals surface area contributed by atoms with Gasteiger partial charge in [0, 0.05) is 25.8 Å². The van der Waals surface area contributed by atoms with E-state index in [1.54, 1.807) is 12.1 Å². The zero-order valence-electron chi connectivity index (χ0n) is 15.3. The van der Waals surface area contributed by atoms with Crippen LogP contribution in [0.5, 0.6) is 0 Å². The van der Waals surface area contributed by atoms with Crippen molar-refractivity contribution in [1.82, 2.24) is 14.7 Å². The zero-order valence-corrected chi connectivity index (χ0v) is 15.3. The normalized spacial score (nSPS) is 16.8. The number of aryl methyl sites for hydroxylation is 2. The molecule has 0 radical (unpaired) electrons. The molecule has 1 aromatic heterocycles. The van der Waals surface area contributed by atoms with Gasteiger partial charge in [0.1, 0.15) is 0 Å². The van der Waals surface area contributed by atoms with E-state index in [4.69, 9.17) is 5.11 Å². The first-order chi connectivity index (χ1) is 12.5. The van der Waals surface area contributed by atoms with E-state index in [1.165, 1.54) is 0 Å². The molecule has 3 rings (SSSR count). The third kappa shape index (κ3) is 3.95. The summed E-state index contributed by atoms with van der Waals surface area (Å²) in [7, 11) is 0. The zero-order chi connectivity index (χ0) is 18.7. The Bertz CT molecular complexity index is 795. The summed E-state index contributed by atoms with van der Waals surface area (Å²) in [5.41, 5.74) is 2.90. The van der Waals surface area contributed by atoms with Crippen molar-refractivity contribution >= 4 is 11.9 Å². The molecule has 2 aromatic rings. The van der Waals surface area contributed by atoms with Crippen molar-refractivity contribution in [2.24, 2.45) is 5.92 Å². The number of amides is 1. The van der Waals surface area contributed by atoms with Crippen LogP contribution in [0.15, 0.2) is 30.5 Å². The maximum Gasteiger partial charge on any atom is 0.335 e. The molecule has 6 heteroatoms. The monoisotopic (exact) mass is 355 g/mol. The first kappa shape index (κ1) is 18.2. The number of likely N-dealkylation sites (tertiary alicyclic amines) is 1. The number of hydrogen-bond donors (Lipinski definition) is 1. The highest BCUT2D eigenvalue weighted by Crippen LogP contribution is 2.23. The van der Waals surface area contributed by atoms with Crippen LogP contribution < -0.4 is 0 Å². The molecule has 138 valence electrons. The fraction of sp³-hybridized carbons (Fsp3) is 0.450. The Morgan fingerprint density at radius 2 is 2.00 bits per heavy atom. The predicted octanol–water partition coefficient (Wildman–Crippen LogP) is 3.00. The van der Waals surface area contributed by atoms with Gasteiger partial charge >= 0.3 is 5.97 Å². The van der Waals surface area contributed by atoms with Crippen molar-refractivity contribution in [2.45, 2.75) is 39.7 Å². The molecule has 1 N–H and O–H groups in total. The number of aromatic carboxylic acids is 1. The Hall–Kier alpha value is -2.63. The number of carboxylic acids is 1. The SMILES string of the molecule is CCCn1cc(C(=O)N2CC[C@H](Cc3ccc(C(=O)O)cc3)C2)c(C)n1. The number of benzene rings is 1. The van der Waals surface area contributed by atoms with E-state index in [9.17, 15) is 9.59 Å². The van der Waals surface area contributed by atoms with Gasteiger partial charge in [-0.25, -0.2) is 4.79 Å². The lowest BCUT2D eigenvalue weighted by molar-refractivity contribution is 0.0696. The van der Waals surface area contributed by atoms with Gasteiger partial charge in [0.25, 0.3) is 5.91 Å². The van der Waals surface area contributed by atoms with Crippen molar-refractivity contribution in [3.05, 3.63) is 52.8 Å². The lowest BCUT2D eigenvalue weighted by atomic mass is 9.98. The molecular formula is C20H25N3O3. The summed E-state index contributed by atoms with van der Waals surface area (Å²) in [5.74, 6) is -0.442. The lowest BCUT2D eigenvalue weighted by Gasteiger charge is -2.16. The Morgan fingerprint density at radius 1 is 1.27 bits per heavy atom. The number of carbonyl (C=O) groups is 2. The number of hydrogen-bond acceptors (Lipinski definition) is 3. The van der Waals surface area contributed by atoms with E-state index in [0.29, 0.717) is 17.0 Å². The molecule has 1 aliphatic rings. The maximum atomic E-state index is 12.8. The van der Waals surface area contributed by atoms with E-state index < -0.39 is 5.97 Å². The van der Waals surface area contributed by atoms with Crippen molar-refractivity contribution in [3.63, 3.8) is 0 Å². The Kier molecular flexibility index (Phi) is 5.40. The van der Waals surface area contributed by atoms with Crippen LogP contribution in [-0.2, 0) is 13.0 Å². The molecule has 1 aromatic carbocycles. The first-order valence-electron chi connectivity index (χ1n) is 9.13. The molecule has 1 atom stereocenters. The number of rotatable bonds is 6. The van der Waals surface area contributed by atoms with Gasteiger partial charge in [0.15, 0.2) is 0 Å². The summed E-state index contributed by atoms with van der Waals surface area (Å²) in [4.78, 5) is 25.7. The van der Waals surface area contributed by atoms with E-state index in [2.05, 4.69) is 12.0 Å². The molecule has 0 spiro atoms. The first-order valence-corrected chi connectivity index (χ1v) is 9.13. The van der Waals surface area contributed by atoms with Crippen LogP contribution >= 0.6 is 0 Å². The number of carboxylic acid groups (broad SMARTS) is 1. The van der Waals surface area contributed by atoms with Gasteiger partial charge in [-0.2, -0.15) is 5.10 Å². The number of aromatic nitrogens is 2. The average Bonchev–Trinajstić information content (AvgIpc) is 3.22. The van der Waals surface area contributed by atoms with Crippen LogP contribution in [0, 0.1) is 12.8 Å². The molecule has 26 heavy (non-hydrogen) atoms. The average molecular weight is 355 g/mol. The molecule has 0 bridgehead atoms. The fourth-order valence-electron chi connectivity index (χ4n) is 3.54. The summed E-state index contributed by atoms with van der Waals surface area (Å²) in [6.07, 6.45) is 4.67. The van der Waals surface area contributed by atoms with Gasteiger partial charge in [-0.3, -0.25) is 9.48 Å². The van der Waals surface area contributed by atoms with E-state index in [0.717, 1.165) is 50.2 Å². The molecule has 0 saturated carbocycles. The second-order valence-corrected chi connectivity index (χ2v) is 7.00. The van der Waals surface area contributed by atoms with Crippen molar-refractivity contribution in [1.29, 1.82) is 0 Å². The minimum Gasteiger partial charge on any atom is -0.478 e. The fourth-order valence-corrected chi connectivity index (χ4v) is 3.54. The standard InChI is InChI=1S/C20H25N3O3/c1-3-9-23-13-18(14(2)21-23)19(24)22-10-8-16(12-22)11-15-4-6-17(7-5-15)20(25)26/h4-7,13,16H,3,8-12H2,1-2H3,(H,25,26)/t16-/m1/s1. The predicted molar refractivity (Wildman–Crippen MR) is 98.4 cm³/mol. The largest absolute Gasteiger partial charge is 0.478 e. The lowest BCUT2D eigenvalue weighted by Crippen LogP contribution is -2.29. The second kappa shape index (κ2) is 7.72. The van der Waals surface area contributed by atoms with Crippen LogP contribution in [0.1, 0.15) is 51.7 Å². The smallest absolute Gasteiger partial charge is 0.335 e. The van der Waals surface area contributed by atoms with Crippen LogP contribution in [0.2, 0.25) is 0 Å². The Morgan fingerprint density at radius 3 is 2.65 bits per heavy atom. The van der Waals surface area contributed by atoms with Crippen molar-refractivity contribution in [2.75, 3.05) is 13.1 Å². The van der Waals surface area contributed by atoms with Gasteiger partial charge in [0.05, 0.1) is 16.8 Å².